The number of Topliss-reactive ketones (excluding diaryl/α,β-unsaturated/α-hetero) is 1. The van der Waals surface area contributed by atoms with Crippen LogP contribution in [-0.2, 0) is 8.98 Å². The van der Waals surface area contributed by atoms with E-state index in [4.69, 9.17) is 4.18 Å². The molecule has 0 heterocycles. The number of carbonyl (C=O) groups is 1. The summed E-state index contributed by atoms with van der Waals surface area (Å²) in [7, 11) is 0. The van der Waals surface area contributed by atoms with Crippen LogP contribution in [0.25, 0.3) is 0 Å². The quantitative estimate of drug-likeness (QED) is 0.564. The average molecular weight is 222 g/mol. The molecule has 0 aromatic heterocycles. The van der Waals surface area contributed by atoms with E-state index >= 15 is 0 Å². The largest absolute Gasteiger partial charge is 0.425 e. The van der Waals surface area contributed by atoms with Crippen LogP contribution in [0.1, 0.15) is 13.8 Å². The molecule has 0 N–H and O–H groups in total. The van der Waals surface area contributed by atoms with Crippen LogP contribution >= 0.6 is 12.0 Å². The monoisotopic (exact) mass is 222 g/mol. The van der Waals surface area contributed by atoms with Gasteiger partial charge in [-0.3, -0.25) is 4.79 Å². The zero-order valence-corrected chi connectivity index (χ0v) is 9.71. The minimum absolute atomic E-state index is 0.0636. The lowest BCUT2D eigenvalue weighted by Gasteiger charge is -2.11. The second-order valence-corrected chi connectivity index (χ2v) is 4.08. The van der Waals surface area contributed by atoms with Gasteiger partial charge in [-0.15, -0.1) is 0 Å². The van der Waals surface area contributed by atoms with Crippen LogP contribution in [0.3, 0.4) is 0 Å². The second kappa shape index (κ2) is 5.61. The van der Waals surface area contributed by atoms with Crippen LogP contribution in [-0.4, -0.2) is 5.78 Å². The average Bonchev–Trinajstić information content (AvgIpc) is 2.26. The Bertz CT molecular complexity index is 346. The summed E-state index contributed by atoms with van der Waals surface area (Å²) in [6.07, 6.45) is 0. The highest BCUT2D eigenvalue weighted by molar-refractivity contribution is 7.94. The fraction of sp³-hybridized carbons (Fsp3) is 0.250. The van der Waals surface area contributed by atoms with Crippen LogP contribution in [0.15, 0.2) is 47.6 Å². The Kier molecular flexibility index (Phi) is 4.43. The first-order valence-electron chi connectivity index (χ1n) is 4.70. The zero-order chi connectivity index (χ0) is 11.3. The number of carbonyl (C=O) groups excluding carboxylic acids is 1. The molecule has 1 aromatic carbocycles. The van der Waals surface area contributed by atoms with Crippen LogP contribution < -0.4 is 0 Å². The number of ketones is 1. The molecule has 0 spiro atoms. The highest BCUT2D eigenvalue weighted by atomic mass is 32.2. The topological polar surface area (TPSA) is 26.3 Å². The van der Waals surface area contributed by atoms with Gasteiger partial charge in [0.15, 0.2) is 0 Å². The molecule has 0 aliphatic heterocycles. The fourth-order valence-electron chi connectivity index (χ4n) is 0.877. The van der Waals surface area contributed by atoms with Crippen LogP contribution in [0.2, 0.25) is 0 Å². The third kappa shape index (κ3) is 3.80. The van der Waals surface area contributed by atoms with Crippen molar-refractivity contribution in [1.29, 1.82) is 0 Å². The van der Waals surface area contributed by atoms with E-state index in [0.29, 0.717) is 5.76 Å². The number of rotatable bonds is 5. The maximum Gasteiger partial charge on any atom is 0.140 e. The summed E-state index contributed by atoms with van der Waals surface area (Å²) in [6, 6.07) is 9.69. The predicted molar refractivity (Wildman–Crippen MR) is 62.4 cm³/mol. The van der Waals surface area contributed by atoms with Gasteiger partial charge in [-0.05, 0) is 26.0 Å². The summed E-state index contributed by atoms with van der Waals surface area (Å²) < 4.78 is 5.35. The maximum absolute atomic E-state index is 11.0. The van der Waals surface area contributed by atoms with Crippen molar-refractivity contribution in [2.45, 2.75) is 18.7 Å². The molecule has 0 saturated heterocycles. The molecule has 2 nitrogen and oxygen atoms in total. The molecule has 3 heteroatoms. The van der Waals surface area contributed by atoms with Gasteiger partial charge in [-0.25, -0.2) is 0 Å². The van der Waals surface area contributed by atoms with Gasteiger partial charge in [0.2, 0.25) is 0 Å². The van der Waals surface area contributed by atoms with Crippen molar-refractivity contribution in [3.63, 3.8) is 0 Å². The van der Waals surface area contributed by atoms with Crippen molar-refractivity contribution >= 4 is 17.8 Å². The Balaban J connectivity index is 2.44. The minimum atomic E-state index is -0.249. The Labute approximate surface area is 94.5 Å². The Morgan fingerprint density at radius 1 is 1.40 bits per heavy atom. The number of hydrogen-bond donors (Lipinski definition) is 0. The van der Waals surface area contributed by atoms with Gasteiger partial charge in [-0.2, -0.15) is 0 Å². The van der Waals surface area contributed by atoms with E-state index < -0.39 is 0 Å². The molecule has 1 unspecified atom stereocenters. The summed E-state index contributed by atoms with van der Waals surface area (Å²) in [5.74, 6) is 0.311. The van der Waals surface area contributed by atoms with E-state index in [2.05, 4.69) is 6.58 Å². The predicted octanol–water partition coefficient (Wildman–Crippen LogP) is 3.45. The normalized spacial score (nSPS) is 11.9. The SMILES string of the molecule is C=C(OSc1ccccc1)C(C)C(C)=O. The third-order valence-electron chi connectivity index (χ3n) is 2.08. The molecule has 0 aliphatic rings. The van der Waals surface area contributed by atoms with Gasteiger partial charge >= 0.3 is 0 Å². The Hall–Kier alpha value is -1.22. The van der Waals surface area contributed by atoms with Gasteiger partial charge in [0.25, 0.3) is 0 Å². The summed E-state index contributed by atoms with van der Waals surface area (Å²) in [5, 5.41) is 0. The van der Waals surface area contributed by atoms with E-state index in [-0.39, 0.29) is 11.7 Å². The minimum Gasteiger partial charge on any atom is -0.425 e. The molecule has 80 valence electrons. The van der Waals surface area contributed by atoms with Crippen molar-refractivity contribution in [2.75, 3.05) is 0 Å². The first-order chi connectivity index (χ1) is 7.11. The van der Waals surface area contributed by atoms with Gasteiger partial charge in [-0.1, -0.05) is 24.8 Å². The molecule has 0 saturated carbocycles. The molecule has 1 atom stereocenters. The van der Waals surface area contributed by atoms with Crippen molar-refractivity contribution in [1.82, 2.24) is 0 Å². The van der Waals surface area contributed by atoms with Gasteiger partial charge < -0.3 is 4.18 Å². The molecule has 15 heavy (non-hydrogen) atoms. The maximum atomic E-state index is 11.0. The molecular formula is C12H14O2S. The molecule has 1 rings (SSSR count). The van der Waals surface area contributed by atoms with Crippen molar-refractivity contribution in [3.05, 3.63) is 42.7 Å². The summed E-state index contributed by atoms with van der Waals surface area (Å²) in [6.45, 7) is 7.05. The summed E-state index contributed by atoms with van der Waals surface area (Å²) in [4.78, 5) is 12.0. The van der Waals surface area contributed by atoms with Crippen LogP contribution in [0.4, 0.5) is 0 Å². The first kappa shape index (κ1) is 11.9. The molecule has 0 bridgehead atoms. The lowest BCUT2D eigenvalue weighted by molar-refractivity contribution is -0.119. The van der Waals surface area contributed by atoms with E-state index in [1.165, 1.54) is 19.0 Å². The van der Waals surface area contributed by atoms with Crippen LogP contribution in [0, 0.1) is 5.92 Å². The highest BCUT2D eigenvalue weighted by Gasteiger charge is 2.13. The number of benzene rings is 1. The molecule has 0 amide bonds. The van der Waals surface area contributed by atoms with E-state index in [1.54, 1.807) is 6.92 Å². The Morgan fingerprint density at radius 3 is 2.53 bits per heavy atom. The van der Waals surface area contributed by atoms with E-state index in [0.717, 1.165) is 4.90 Å². The number of allylic oxidation sites excluding steroid dienone is 1. The standard InChI is InChI=1S/C12H14O2S/c1-9(10(2)13)11(3)14-15-12-7-5-4-6-8-12/h4-9H,3H2,1-2H3. The lowest BCUT2D eigenvalue weighted by atomic mass is 10.1. The lowest BCUT2D eigenvalue weighted by Crippen LogP contribution is -2.09. The molecule has 0 fully saturated rings. The summed E-state index contributed by atoms with van der Waals surface area (Å²) >= 11 is 1.22. The zero-order valence-electron chi connectivity index (χ0n) is 8.90. The number of hydrogen-bond acceptors (Lipinski definition) is 3. The smallest absolute Gasteiger partial charge is 0.140 e. The van der Waals surface area contributed by atoms with Gasteiger partial charge in [0.1, 0.15) is 11.5 Å². The molecule has 1 aromatic rings. The fourth-order valence-corrected chi connectivity index (χ4v) is 1.49. The molecular weight excluding hydrogens is 208 g/mol. The first-order valence-corrected chi connectivity index (χ1v) is 5.44. The van der Waals surface area contributed by atoms with Crippen molar-refractivity contribution in [2.24, 2.45) is 5.92 Å². The second-order valence-electron chi connectivity index (χ2n) is 3.28. The van der Waals surface area contributed by atoms with Gasteiger partial charge in [0, 0.05) is 4.90 Å². The highest BCUT2D eigenvalue weighted by Crippen LogP contribution is 2.24. The molecule has 0 radical (unpaired) electrons. The van der Waals surface area contributed by atoms with E-state index in [9.17, 15) is 4.79 Å². The van der Waals surface area contributed by atoms with Gasteiger partial charge in [0.05, 0.1) is 18.0 Å². The Morgan fingerprint density at radius 2 is 2.00 bits per heavy atom. The van der Waals surface area contributed by atoms with E-state index in [1.807, 2.05) is 30.3 Å². The van der Waals surface area contributed by atoms with Crippen molar-refractivity contribution in [3.8, 4) is 0 Å². The third-order valence-corrected chi connectivity index (χ3v) is 2.84. The van der Waals surface area contributed by atoms with Crippen LogP contribution in [0.5, 0.6) is 0 Å². The molecule has 0 aliphatic carbocycles. The summed E-state index contributed by atoms with van der Waals surface area (Å²) in [5.41, 5.74) is 0. The van der Waals surface area contributed by atoms with Crippen molar-refractivity contribution < 1.29 is 8.98 Å².